The summed E-state index contributed by atoms with van der Waals surface area (Å²) in [6, 6.07) is 3.91. The van der Waals surface area contributed by atoms with Crippen molar-refractivity contribution in [1.82, 2.24) is 10.3 Å². The molecule has 1 aromatic rings. The van der Waals surface area contributed by atoms with Crippen LogP contribution in [-0.2, 0) is 6.54 Å². The molecule has 2 rings (SSSR count). The molecule has 0 aromatic carbocycles. The highest BCUT2D eigenvalue weighted by Crippen LogP contribution is 2.09. The third-order valence-electron chi connectivity index (χ3n) is 2.38. The maximum Gasteiger partial charge on any atom is 0.213 e. The Bertz CT molecular complexity index is 363. The lowest BCUT2D eigenvalue weighted by Crippen LogP contribution is -2.20. The van der Waals surface area contributed by atoms with Crippen LogP contribution in [0.15, 0.2) is 23.3 Å². The van der Waals surface area contributed by atoms with E-state index in [0.29, 0.717) is 5.88 Å². The third kappa shape index (κ3) is 2.68. The minimum Gasteiger partial charge on any atom is -0.481 e. The molecule has 0 saturated carbocycles. The van der Waals surface area contributed by atoms with Crippen LogP contribution in [-0.4, -0.2) is 24.5 Å². The summed E-state index contributed by atoms with van der Waals surface area (Å²) < 4.78 is 5.06. The molecule has 0 bridgehead atoms. The van der Waals surface area contributed by atoms with Gasteiger partial charge in [-0.1, -0.05) is 0 Å². The molecule has 0 atom stereocenters. The SMILES string of the molecule is COc1cc(CNC2=NCCC2)ccn1. The molecule has 0 spiro atoms. The predicted octanol–water partition coefficient (Wildman–Crippen LogP) is 1.37. The Morgan fingerprint density at radius 1 is 1.53 bits per heavy atom. The van der Waals surface area contributed by atoms with Crippen molar-refractivity contribution >= 4 is 5.84 Å². The Balaban J connectivity index is 1.92. The van der Waals surface area contributed by atoms with Crippen LogP contribution in [0, 0.1) is 0 Å². The van der Waals surface area contributed by atoms with E-state index in [9.17, 15) is 0 Å². The largest absolute Gasteiger partial charge is 0.481 e. The second kappa shape index (κ2) is 4.77. The summed E-state index contributed by atoms with van der Waals surface area (Å²) >= 11 is 0. The van der Waals surface area contributed by atoms with E-state index in [2.05, 4.69) is 15.3 Å². The highest BCUT2D eigenvalue weighted by atomic mass is 16.5. The molecule has 0 unspecified atom stereocenters. The lowest BCUT2D eigenvalue weighted by atomic mass is 10.2. The maximum absolute atomic E-state index is 5.06. The number of pyridine rings is 1. The fourth-order valence-corrected chi connectivity index (χ4v) is 1.56. The first-order valence-corrected chi connectivity index (χ1v) is 5.14. The summed E-state index contributed by atoms with van der Waals surface area (Å²) in [6.07, 6.45) is 4.00. The number of hydrogen-bond donors (Lipinski definition) is 1. The van der Waals surface area contributed by atoms with Crippen molar-refractivity contribution in [2.24, 2.45) is 4.99 Å². The number of aliphatic imine (C=N–C) groups is 1. The second-order valence-electron chi connectivity index (χ2n) is 3.49. The zero-order valence-corrected chi connectivity index (χ0v) is 8.86. The molecular formula is C11H15N3O. The number of ether oxygens (including phenoxy) is 1. The number of amidine groups is 1. The molecule has 0 aliphatic carbocycles. The van der Waals surface area contributed by atoms with Gasteiger partial charge in [0.15, 0.2) is 0 Å². The van der Waals surface area contributed by atoms with Gasteiger partial charge in [-0.3, -0.25) is 4.99 Å². The molecule has 2 heterocycles. The molecule has 1 aliphatic heterocycles. The van der Waals surface area contributed by atoms with Crippen molar-refractivity contribution in [2.75, 3.05) is 13.7 Å². The smallest absolute Gasteiger partial charge is 0.213 e. The number of hydrogen-bond acceptors (Lipinski definition) is 4. The van der Waals surface area contributed by atoms with Crippen molar-refractivity contribution in [3.05, 3.63) is 23.9 Å². The fourth-order valence-electron chi connectivity index (χ4n) is 1.56. The van der Waals surface area contributed by atoms with Gasteiger partial charge in [0.2, 0.25) is 5.88 Å². The van der Waals surface area contributed by atoms with Crippen LogP contribution in [0.25, 0.3) is 0 Å². The maximum atomic E-state index is 5.06. The van der Waals surface area contributed by atoms with Gasteiger partial charge in [-0.15, -0.1) is 0 Å². The van der Waals surface area contributed by atoms with E-state index in [1.165, 1.54) is 6.42 Å². The Morgan fingerprint density at radius 2 is 2.47 bits per heavy atom. The molecule has 1 aromatic heterocycles. The van der Waals surface area contributed by atoms with Gasteiger partial charge in [0.05, 0.1) is 12.9 Å². The van der Waals surface area contributed by atoms with Crippen LogP contribution in [0.1, 0.15) is 18.4 Å². The van der Waals surface area contributed by atoms with E-state index in [4.69, 9.17) is 4.74 Å². The molecule has 1 aliphatic rings. The van der Waals surface area contributed by atoms with E-state index in [1.807, 2.05) is 12.1 Å². The van der Waals surface area contributed by atoms with Crippen molar-refractivity contribution in [3.8, 4) is 5.88 Å². The Kier molecular flexibility index (Phi) is 3.17. The lowest BCUT2D eigenvalue weighted by Gasteiger charge is -2.06. The average Bonchev–Trinajstić information content (AvgIpc) is 2.79. The number of aromatic nitrogens is 1. The van der Waals surface area contributed by atoms with E-state index >= 15 is 0 Å². The summed E-state index contributed by atoms with van der Waals surface area (Å²) in [7, 11) is 1.63. The molecular weight excluding hydrogens is 190 g/mol. The minimum atomic E-state index is 0.655. The van der Waals surface area contributed by atoms with Gasteiger partial charge in [-0.25, -0.2) is 4.98 Å². The van der Waals surface area contributed by atoms with Gasteiger partial charge in [0, 0.05) is 31.8 Å². The fraction of sp³-hybridized carbons (Fsp3) is 0.455. The summed E-state index contributed by atoms with van der Waals surface area (Å²) in [5.41, 5.74) is 1.16. The number of nitrogens with one attached hydrogen (secondary N) is 1. The van der Waals surface area contributed by atoms with Crippen LogP contribution in [0.5, 0.6) is 5.88 Å². The zero-order chi connectivity index (χ0) is 10.5. The monoisotopic (exact) mass is 205 g/mol. The van der Waals surface area contributed by atoms with Crippen LogP contribution < -0.4 is 10.1 Å². The third-order valence-corrected chi connectivity index (χ3v) is 2.38. The molecule has 0 radical (unpaired) electrons. The number of nitrogens with zero attached hydrogens (tertiary/aromatic N) is 2. The molecule has 15 heavy (non-hydrogen) atoms. The quantitative estimate of drug-likeness (QED) is 0.810. The van der Waals surface area contributed by atoms with Gasteiger partial charge in [-0.05, 0) is 18.1 Å². The van der Waals surface area contributed by atoms with E-state index in [-0.39, 0.29) is 0 Å². The van der Waals surface area contributed by atoms with Gasteiger partial charge in [-0.2, -0.15) is 0 Å². The normalized spacial score (nSPS) is 14.9. The Hall–Kier alpha value is -1.58. The average molecular weight is 205 g/mol. The standard InChI is InChI=1S/C11H15N3O/c1-15-11-7-9(4-6-13-11)8-14-10-3-2-5-12-10/h4,6-7H,2-3,5,8H2,1H3,(H,12,14). The van der Waals surface area contributed by atoms with E-state index < -0.39 is 0 Å². The van der Waals surface area contributed by atoms with Gasteiger partial charge < -0.3 is 10.1 Å². The van der Waals surface area contributed by atoms with Crippen LogP contribution >= 0.6 is 0 Å². The summed E-state index contributed by atoms with van der Waals surface area (Å²) in [5, 5.41) is 3.32. The first-order chi connectivity index (χ1) is 7.38. The minimum absolute atomic E-state index is 0.655. The first kappa shape index (κ1) is 9.96. The van der Waals surface area contributed by atoms with E-state index in [0.717, 1.165) is 30.9 Å². The molecule has 0 fully saturated rings. The van der Waals surface area contributed by atoms with Crippen molar-refractivity contribution in [1.29, 1.82) is 0 Å². The molecule has 0 amide bonds. The van der Waals surface area contributed by atoms with Crippen molar-refractivity contribution in [2.45, 2.75) is 19.4 Å². The summed E-state index contributed by atoms with van der Waals surface area (Å²) in [5.74, 6) is 1.77. The lowest BCUT2D eigenvalue weighted by molar-refractivity contribution is 0.397. The van der Waals surface area contributed by atoms with E-state index in [1.54, 1.807) is 13.3 Å². The first-order valence-electron chi connectivity index (χ1n) is 5.14. The Labute approximate surface area is 89.4 Å². The molecule has 1 N–H and O–H groups in total. The zero-order valence-electron chi connectivity index (χ0n) is 8.86. The molecule has 4 nitrogen and oxygen atoms in total. The van der Waals surface area contributed by atoms with Crippen LogP contribution in [0.3, 0.4) is 0 Å². The molecule has 80 valence electrons. The second-order valence-corrected chi connectivity index (χ2v) is 3.49. The van der Waals surface area contributed by atoms with Crippen molar-refractivity contribution in [3.63, 3.8) is 0 Å². The Morgan fingerprint density at radius 3 is 3.20 bits per heavy atom. The highest BCUT2D eigenvalue weighted by molar-refractivity contribution is 5.83. The summed E-state index contributed by atoms with van der Waals surface area (Å²) in [6.45, 7) is 1.75. The van der Waals surface area contributed by atoms with Crippen LogP contribution in [0.2, 0.25) is 0 Å². The topological polar surface area (TPSA) is 46.5 Å². The molecule has 0 saturated heterocycles. The highest BCUT2D eigenvalue weighted by Gasteiger charge is 2.05. The van der Waals surface area contributed by atoms with Crippen LogP contribution in [0.4, 0.5) is 0 Å². The predicted molar refractivity (Wildman–Crippen MR) is 59.2 cm³/mol. The molecule has 4 heteroatoms. The number of rotatable bonds is 3. The van der Waals surface area contributed by atoms with Gasteiger partial charge in [0.25, 0.3) is 0 Å². The van der Waals surface area contributed by atoms with Gasteiger partial charge in [0.1, 0.15) is 0 Å². The van der Waals surface area contributed by atoms with Crippen molar-refractivity contribution < 1.29 is 4.74 Å². The van der Waals surface area contributed by atoms with Gasteiger partial charge >= 0.3 is 0 Å². The number of methoxy groups -OCH3 is 1. The summed E-state index contributed by atoms with van der Waals surface area (Å²) in [4.78, 5) is 8.41.